The third-order valence-corrected chi connectivity index (χ3v) is 4.44. The monoisotopic (exact) mass is 372 g/mol. The largest absolute Gasteiger partial charge is 0.462 e. The lowest BCUT2D eigenvalue weighted by molar-refractivity contribution is 0.0497. The summed E-state index contributed by atoms with van der Waals surface area (Å²) in [4.78, 5) is 16.4. The molecule has 148 valence electrons. The molecule has 0 aliphatic carbocycles. The van der Waals surface area contributed by atoms with Gasteiger partial charge >= 0.3 is 5.97 Å². The van der Waals surface area contributed by atoms with Gasteiger partial charge < -0.3 is 10.5 Å². The van der Waals surface area contributed by atoms with E-state index in [0.29, 0.717) is 23.8 Å². The van der Waals surface area contributed by atoms with Gasteiger partial charge in [0.05, 0.1) is 17.9 Å². The molecule has 0 spiro atoms. The molecule has 2 aromatic heterocycles. The lowest BCUT2D eigenvalue weighted by Crippen LogP contribution is -2.13. The smallest absolute Gasteiger partial charge is 0.339 e. The number of carbonyl (C=O) groups is 1. The van der Waals surface area contributed by atoms with E-state index in [1.807, 2.05) is 6.07 Å². The number of ether oxygens (including phenoxy) is 1. The topological polar surface area (TPSA) is 83.0 Å². The molecule has 6 nitrogen and oxygen atoms in total. The summed E-state index contributed by atoms with van der Waals surface area (Å²) in [5.74, 6) is 0.757. The van der Waals surface area contributed by atoms with Crippen LogP contribution in [0.3, 0.4) is 0 Å². The number of nitrogens with zero attached hydrogens (tertiary/aromatic N) is 3. The SMILES string of the molecule is CCCCCCCCOC(=O)c1ccc(-n2nc(C(C)(C)C)cc2N)nc1. The van der Waals surface area contributed by atoms with Crippen molar-refractivity contribution in [1.82, 2.24) is 14.8 Å². The summed E-state index contributed by atoms with van der Waals surface area (Å²) in [6.45, 7) is 8.89. The normalized spacial score (nSPS) is 11.6. The minimum absolute atomic E-state index is 0.0976. The maximum absolute atomic E-state index is 12.1. The van der Waals surface area contributed by atoms with E-state index >= 15 is 0 Å². The van der Waals surface area contributed by atoms with E-state index in [0.717, 1.165) is 18.5 Å². The Balaban J connectivity index is 1.89. The summed E-state index contributed by atoms with van der Waals surface area (Å²) in [6.07, 6.45) is 8.47. The molecule has 27 heavy (non-hydrogen) atoms. The van der Waals surface area contributed by atoms with Crippen LogP contribution < -0.4 is 5.73 Å². The molecule has 0 aromatic carbocycles. The van der Waals surface area contributed by atoms with Crippen LogP contribution in [0.1, 0.15) is 82.3 Å². The van der Waals surface area contributed by atoms with E-state index in [4.69, 9.17) is 10.5 Å². The maximum Gasteiger partial charge on any atom is 0.339 e. The van der Waals surface area contributed by atoms with E-state index in [2.05, 4.69) is 37.8 Å². The number of esters is 1. The van der Waals surface area contributed by atoms with Gasteiger partial charge in [0.25, 0.3) is 0 Å². The second kappa shape index (κ2) is 9.53. The van der Waals surface area contributed by atoms with Crippen LogP contribution in [0.5, 0.6) is 0 Å². The van der Waals surface area contributed by atoms with Crippen LogP contribution in [-0.4, -0.2) is 27.3 Å². The third kappa shape index (κ3) is 6.08. The average Bonchev–Trinajstić information content (AvgIpc) is 3.03. The minimum Gasteiger partial charge on any atom is -0.462 e. The molecule has 0 bridgehead atoms. The van der Waals surface area contributed by atoms with Crippen LogP contribution in [0.4, 0.5) is 5.82 Å². The van der Waals surface area contributed by atoms with Gasteiger partial charge in [0.1, 0.15) is 5.82 Å². The molecule has 2 aromatic rings. The van der Waals surface area contributed by atoms with Crippen LogP contribution in [0.15, 0.2) is 24.4 Å². The number of carbonyl (C=O) groups excluding carboxylic acids is 1. The minimum atomic E-state index is -0.341. The second-order valence-corrected chi connectivity index (χ2v) is 7.93. The standard InChI is InChI=1S/C21H32N4O2/c1-5-6-7-8-9-10-13-27-20(26)16-11-12-19(23-15-16)25-18(22)14-17(24-25)21(2,3)4/h11-12,14-15H,5-10,13,22H2,1-4H3. The van der Waals surface area contributed by atoms with Crippen molar-refractivity contribution < 1.29 is 9.53 Å². The molecular formula is C21H32N4O2. The summed E-state index contributed by atoms with van der Waals surface area (Å²) >= 11 is 0. The van der Waals surface area contributed by atoms with Crippen molar-refractivity contribution in [3.05, 3.63) is 35.7 Å². The molecule has 0 amide bonds. The van der Waals surface area contributed by atoms with E-state index in [9.17, 15) is 4.79 Å². The van der Waals surface area contributed by atoms with Gasteiger partial charge in [-0.05, 0) is 18.6 Å². The van der Waals surface area contributed by atoms with Gasteiger partial charge in [-0.2, -0.15) is 9.78 Å². The van der Waals surface area contributed by atoms with Crippen molar-refractivity contribution in [2.24, 2.45) is 0 Å². The maximum atomic E-state index is 12.1. The Morgan fingerprint density at radius 1 is 1.15 bits per heavy atom. The molecule has 2 rings (SSSR count). The summed E-state index contributed by atoms with van der Waals surface area (Å²) in [5, 5.41) is 4.53. The van der Waals surface area contributed by atoms with Gasteiger partial charge in [-0.15, -0.1) is 0 Å². The van der Waals surface area contributed by atoms with E-state index in [-0.39, 0.29) is 11.4 Å². The Hall–Kier alpha value is -2.37. The van der Waals surface area contributed by atoms with E-state index < -0.39 is 0 Å². The number of nitrogen functional groups attached to an aromatic ring is 1. The van der Waals surface area contributed by atoms with Crippen LogP contribution in [0.25, 0.3) is 5.82 Å². The molecule has 0 aliphatic heterocycles. The Kier molecular flexibility index (Phi) is 7.39. The zero-order chi connectivity index (χ0) is 19.9. The Labute approximate surface area is 162 Å². The fourth-order valence-corrected chi connectivity index (χ4v) is 2.71. The molecule has 0 saturated heterocycles. The van der Waals surface area contributed by atoms with Gasteiger partial charge in [0, 0.05) is 17.7 Å². The third-order valence-electron chi connectivity index (χ3n) is 4.44. The fourth-order valence-electron chi connectivity index (χ4n) is 2.71. The summed E-state index contributed by atoms with van der Waals surface area (Å²) in [5.41, 5.74) is 7.29. The van der Waals surface area contributed by atoms with Gasteiger partial charge in [-0.3, -0.25) is 0 Å². The van der Waals surface area contributed by atoms with Crippen molar-refractivity contribution in [2.45, 2.75) is 71.6 Å². The Morgan fingerprint density at radius 2 is 1.85 bits per heavy atom. The van der Waals surface area contributed by atoms with E-state index in [1.165, 1.54) is 31.9 Å². The van der Waals surface area contributed by atoms with Crippen LogP contribution in [0, 0.1) is 0 Å². The zero-order valence-corrected chi connectivity index (χ0v) is 17.0. The van der Waals surface area contributed by atoms with Crippen molar-refractivity contribution in [3.63, 3.8) is 0 Å². The number of aromatic nitrogens is 3. The predicted octanol–water partition coefficient (Wildman–Crippen LogP) is 4.66. The molecule has 0 aliphatic rings. The van der Waals surface area contributed by atoms with Gasteiger partial charge in [-0.1, -0.05) is 59.8 Å². The predicted molar refractivity (Wildman–Crippen MR) is 108 cm³/mol. The van der Waals surface area contributed by atoms with Crippen LogP contribution in [0.2, 0.25) is 0 Å². The highest BCUT2D eigenvalue weighted by molar-refractivity contribution is 5.89. The molecule has 0 radical (unpaired) electrons. The average molecular weight is 373 g/mol. The highest BCUT2D eigenvalue weighted by Gasteiger charge is 2.20. The van der Waals surface area contributed by atoms with E-state index in [1.54, 1.807) is 16.8 Å². The van der Waals surface area contributed by atoms with Crippen molar-refractivity contribution in [2.75, 3.05) is 12.3 Å². The second-order valence-electron chi connectivity index (χ2n) is 7.93. The number of nitrogens with two attached hydrogens (primary N) is 1. The van der Waals surface area contributed by atoms with Crippen LogP contribution >= 0.6 is 0 Å². The van der Waals surface area contributed by atoms with Gasteiger partial charge in [0.2, 0.25) is 0 Å². The number of rotatable bonds is 9. The van der Waals surface area contributed by atoms with Gasteiger partial charge in [0.15, 0.2) is 5.82 Å². The summed E-state index contributed by atoms with van der Waals surface area (Å²) in [7, 11) is 0. The van der Waals surface area contributed by atoms with Crippen molar-refractivity contribution in [3.8, 4) is 5.82 Å². The summed E-state index contributed by atoms with van der Waals surface area (Å²) < 4.78 is 6.92. The molecule has 0 fully saturated rings. The highest BCUT2D eigenvalue weighted by Crippen LogP contribution is 2.24. The number of hydrogen-bond acceptors (Lipinski definition) is 5. The van der Waals surface area contributed by atoms with Crippen LogP contribution in [-0.2, 0) is 10.2 Å². The first kappa shape index (κ1) is 20.9. The fraction of sp³-hybridized carbons (Fsp3) is 0.571. The highest BCUT2D eigenvalue weighted by atomic mass is 16.5. The first-order chi connectivity index (χ1) is 12.8. The molecule has 2 N–H and O–H groups in total. The quantitative estimate of drug-likeness (QED) is 0.511. The zero-order valence-electron chi connectivity index (χ0n) is 17.0. The summed E-state index contributed by atoms with van der Waals surface area (Å²) in [6, 6.07) is 5.28. The number of unbranched alkanes of at least 4 members (excludes halogenated alkanes) is 5. The molecule has 0 unspecified atom stereocenters. The number of anilines is 1. The Morgan fingerprint density at radius 3 is 2.44 bits per heavy atom. The number of hydrogen-bond donors (Lipinski definition) is 1. The number of pyridine rings is 1. The first-order valence-corrected chi connectivity index (χ1v) is 9.82. The van der Waals surface area contributed by atoms with Crippen molar-refractivity contribution in [1.29, 1.82) is 0 Å². The molecular weight excluding hydrogens is 340 g/mol. The van der Waals surface area contributed by atoms with Gasteiger partial charge in [-0.25, -0.2) is 9.78 Å². The Bertz CT molecular complexity index is 730. The lowest BCUT2D eigenvalue weighted by atomic mass is 9.92. The molecule has 0 saturated carbocycles. The van der Waals surface area contributed by atoms with Crippen molar-refractivity contribution >= 4 is 11.8 Å². The molecule has 0 atom stereocenters. The lowest BCUT2D eigenvalue weighted by Gasteiger charge is -2.14. The molecule has 6 heteroatoms. The molecule has 2 heterocycles. The first-order valence-electron chi connectivity index (χ1n) is 9.82.